The van der Waals surface area contributed by atoms with Crippen molar-refractivity contribution in [1.29, 1.82) is 5.26 Å². The summed E-state index contributed by atoms with van der Waals surface area (Å²) in [6.45, 7) is -1.44. The van der Waals surface area contributed by atoms with Gasteiger partial charge in [-0.3, -0.25) is 19.3 Å². The SMILES string of the molecule is N#Cc1ccc(-c2nn3c(c2NC(=O)CC(F)(F)F)C(=O)N[C@]2(CCc4cc(OCC(F)(F)F)ccc42)C3)nc1. The number of hydrogen-bond acceptors (Lipinski definition) is 6. The van der Waals surface area contributed by atoms with Crippen molar-refractivity contribution in [2.45, 2.75) is 43.7 Å². The quantitative estimate of drug-likeness (QED) is 0.448. The molecule has 1 atom stereocenters. The lowest BCUT2D eigenvalue weighted by Crippen LogP contribution is -2.52. The van der Waals surface area contributed by atoms with E-state index in [1.54, 1.807) is 6.07 Å². The van der Waals surface area contributed by atoms with Gasteiger partial charge in [-0.25, -0.2) is 0 Å². The number of fused-ring (bicyclic) bond motifs is 3. The molecule has 3 heterocycles. The average molecular weight is 564 g/mol. The highest BCUT2D eigenvalue weighted by Gasteiger charge is 2.46. The van der Waals surface area contributed by atoms with E-state index in [0.717, 1.165) is 0 Å². The molecule has 0 unspecified atom stereocenters. The van der Waals surface area contributed by atoms with E-state index < -0.39 is 42.7 Å². The molecule has 0 bridgehead atoms. The van der Waals surface area contributed by atoms with E-state index in [4.69, 9.17) is 10.00 Å². The molecule has 9 nitrogen and oxygen atoms in total. The molecule has 0 radical (unpaired) electrons. The van der Waals surface area contributed by atoms with E-state index in [9.17, 15) is 35.9 Å². The van der Waals surface area contributed by atoms with Crippen LogP contribution in [0.5, 0.6) is 5.75 Å². The van der Waals surface area contributed by atoms with E-state index in [0.29, 0.717) is 24.0 Å². The number of carbonyl (C=O) groups excluding carboxylic acids is 2. The predicted octanol–water partition coefficient (Wildman–Crippen LogP) is 4.23. The lowest BCUT2D eigenvalue weighted by Gasteiger charge is -2.36. The van der Waals surface area contributed by atoms with Gasteiger partial charge in [0.15, 0.2) is 12.3 Å². The third-order valence-corrected chi connectivity index (χ3v) is 6.52. The van der Waals surface area contributed by atoms with Crippen LogP contribution in [-0.2, 0) is 23.3 Å². The third kappa shape index (κ3) is 5.29. The van der Waals surface area contributed by atoms with Crippen LogP contribution >= 0.6 is 0 Å². The Labute approximate surface area is 221 Å². The van der Waals surface area contributed by atoms with Crippen LogP contribution < -0.4 is 15.4 Å². The zero-order valence-electron chi connectivity index (χ0n) is 20.3. The van der Waals surface area contributed by atoms with Crippen molar-refractivity contribution in [2.24, 2.45) is 0 Å². The Hall–Kier alpha value is -4.61. The average Bonchev–Trinajstić information content (AvgIpc) is 3.39. The molecule has 208 valence electrons. The fourth-order valence-corrected chi connectivity index (χ4v) is 4.92. The fourth-order valence-electron chi connectivity index (χ4n) is 4.92. The van der Waals surface area contributed by atoms with Gasteiger partial charge in [-0.05, 0) is 48.2 Å². The molecule has 2 amide bonds. The van der Waals surface area contributed by atoms with Crippen molar-refractivity contribution >= 4 is 17.5 Å². The Kier molecular flexibility index (Phi) is 6.43. The maximum absolute atomic E-state index is 13.4. The molecule has 1 aliphatic heterocycles. The monoisotopic (exact) mass is 564 g/mol. The minimum absolute atomic E-state index is 0.0129. The van der Waals surface area contributed by atoms with Gasteiger partial charge in [-0.15, -0.1) is 0 Å². The van der Waals surface area contributed by atoms with Crippen LogP contribution in [0, 0.1) is 11.3 Å². The molecule has 1 aromatic carbocycles. The largest absolute Gasteiger partial charge is 0.484 e. The lowest BCUT2D eigenvalue weighted by molar-refractivity contribution is -0.153. The summed E-state index contributed by atoms with van der Waals surface area (Å²) in [7, 11) is 0. The Morgan fingerprint density at radius 3 is 2.60 bits per heavy atom. The van der Waals surface area contributed by atoms with E-state index in [2.05, 4.69) is 20.7 Å². The number of anilines is 1. The summed E-state index contributed by atoms with van der Waals surface area (Å²) in [5.41, 5.74) is 0.0309. The molecule has 2 aliphatic rings. The number of carbonyl (C=O) groups is 2. The molecule has 0 fully saturated rings. The summed E-state index contributed by atoms with van der Waals surface area (Å²) in [6, 6.07) is 9.04. The number of aromatic nitrogens is 3. The number of nitriles is 1. The van der Waals surface area contributed by atoms with E-state index in [1.807, 2.05) is 6.07 Å². The fraction of sp³-hybridized carbons (Fsp3) is 0.320. The molecular formula is C25H18F6N6O3. The zero-order valence-corrected chi connectivity index (χ0v) is 20.3. The number of pyridine rings is 1. The lowest BCUT2D eigenvalue weighted by atomic mass is 9.89. The van der Waals surface area contributed by atoms with Gasteiger partial charge in [-0.1, -0.05) is 6.07 Å². The number of alkyl halides is 6. The molecule has 15 heteroatoms. The molecule has 3 aromatic rings. The smallest absolute Gasteiger partial charge is 0.422 e. The van der Waals surface area contributed by atoms with Gasteiger partial charge in [-0.2, -0.15) is 36.7 Å². The van der Waals surface area contributed by atoms with Crippen LogP contribution in [0.25, 0.3) is 11.4 Å². The number of hydrogen-bond donors (Lipinski definition) is 2. The number of benzene rings is 1. The van der Waals surface area contributed by atoms with Gasteiger partial charge >= 0.3 is 12.4 Å². The van der Waals surface area contributed by atoms with Crippen LogP contribution in [-0.4, -0.2) is 45.5 Å². The molecular weight excluding hydrogens is 546 g/mol. The second-order valence-corrected chi connectivity index (χ2v) is 9.37. The molecule has 0 saturated heterocycles. The minimum atomic E-state index is -4.80. The molecule has 1 aliphatic carbocycles. The van der Waals surface area contributed by atoms with Gasteiger partial charge in [0.05, 0.1) is 23.3 Å². The maximum atomic E-state index is 13.4. The van der Waals surface area contributed by atoms with Crippen molar-refractivity contribution in [1.82, 2.24) is 20.1 Å². The van der Waals surface area contributed by atoms with Gasteiger partial charge < -0.3 is 15.4 Å². The first-order chi connectivity index (χ1) is 18.8. The number of halogens is 6. The van der Waals surface area contributed by atoms with Crippen molar-refractivity contribution < 1.29 is 40.7 Å². The van der Waals surface area contributed by atoms with Gasteiger partial charge in [0.1, 0.15) is 29.6 Å². The Balaban J connectivity index is 1.52. The third-order valence-electron chi connectivity index (χ3n) is 6.52. The van der Waals surface area contributed by atoms with E-state index in [1.165, 1.54) is 35.1 Å². The normalized spacial score (nSPS) is 18.1. The Bertz CT molecular complexity index is 1540. The zero-order chi connectivity index (χ0) is 28.9. The number of aryl methyl sites for hydroxylation is 1. The first-order valence-electron chi connectivity index (χ1n) is 11.8. The summed E-state index contributed by atoms with van der Waals surface area (Å²) >= 11 is 0. The molecule has 1 spiro atoms. The molecule has 40 heavy (non-hydrogen) atoms. The van der Waals surface area contributed by atoms with Crippen molar-refractivity contribution in [3.63, 3.8) is 0 Å². The molecule has 5 rings (SSSR count). The van der Waals surface area contributed by atoms with Crippen molar-refractivity contribution in [3.8, 4) is 23.2 Å². The summed E-state index contributed by atoms with van der Waals surface area (Å²) in [5.74, 6) is -2.13. The van der Waals surface area contributed by atoms with Crippen LogP contribution in [0.15, 0.2) is 36.5 Å². The molecule has 2 N–H and O–H groups in total. The Morgan fingerprint density at radius 2 is 1.95 bits per heavy atom. The summed E-state index contributed by atoms with van der Waals surface area (Å²) < 4.78 is 82.4. The van der Waals surface area contributed by atoms with Crippen molar-refractivity contribution in [2.75, 3.05) is 11.9 Å². The van der Waals surface area contributed by atoms with E-state index >= 15 is 0 Å². The first kappa shape index (κ1) is 27.0. The van der Waals surface area contributed by atoms with Gasteiger partial charge in [0.25, 0.3) is 5.91 Å². The summed E-state index contributed by atoms with van der Waals surface area (Å²) in [5, 5.41) is 18.5. The summed E-state index contributed by atoms with van der Waals surface area (Å²) in [4.78, 5) is 29.7. The Morgan fingerprint density at radius 1 is 1.18 bits per heavy atom. The van der Waals surface area contributed by atoms with Crippen molar-refractivity contribution in [3.05, 3.63) is 58.9 Å². The topological polar surface area (TPSA) is 122 Å². The number of nitrogens with one attached hydrogen (secondary N) is 2. The van der Waals surface area contributed by atoms with Crippen LogP contribution in [0.1, 0.15) is 40.0 Å². The van der Waals surface area contributed by atoms with Gasteiger partial charge in [0.2, 0.25) is 5.91 Å². The van der Waals surface area contributed by atoms with Gasteiger partial charge in [0, 0.05) is 6.20 Å². The minimum Gasteiger partial charge on any atom is -0.484 e. The number of rotatable bonds is 5. The molecule has 2 aromatic heterocycles. The van der Waals surface area contributed by atoms with Crippen LogP contribution in [0.2, 0.25) is 0 Å². The van der Waals surface area contributed by atoms with Crippen LogP contribution in [0.3, 0.4) is 0 Å². The first-order valence-corrected chi connectivity index (χ1v) is 11.8. The summed E-state index contributed by atoms with van der Waals surface area (Å²) in [6.07, 6.45) is -9.14. The highest BCUT2D eigenvalue weighted by molar-refractivity contribution is 6.07. The predicted molar refractivity (Wildman–Crippen MR) is 125 cm³/mol. The standard InChI is InChI=1S/C25H18F6N6O3/c26-24(27,28)8-18(38)34-20-19(17-4-1-13(9-32)10-33-17)36-37-11-23(35-22(39)21(20)37)6-5-14-7-15(2-3-16(14)23)40-12-25(29,30)31/h1-4,7,10H,5-6,8,11-12H2,(H,34,38)(H,35,39)/t23-/m1/s1. The highest BCUT2D eigenvalue weighted by Crippen LogP contribution is 2.44. The number of nitrogens with zero attached hydrogens (tertiary/aromatic N) is 4. The highest BCUT2D eigenvalue weighted by atomic mass is 19.4. The number of ether oxygens (including phenoxy) is 1. The maximum Gasteiger partial charge on any atom is 0.422 e. The second-order valence-electron chi connectivity index (χ2n) is 9.37. The number of amides is 2. The molecule has 0 saturated carbocycles. The second kappa shape index (κ2) is 9.54. The van der Waals surface area contributed by atoms with Crippen LogP contribution in [0.4, 0.5) is 32.0 Å². The van der Waals surface area contributed by atoms with E-state index in [-0.39, 0.29) is 40.6 Å².